The van der Waals surface area contributed by atoms with Crippen molar-refractivity contribution in [2.75, 3.05) is 13.7 Å². The average molecular weight is 349 g/mol. The van der Waals surface area contributed by atoms with Gasteiger partial charge in [-0.15, -0.1) is 0 Å². The van der Waals surface area contributed by atoms with E-state index in [1.807, 2.05) is 25.1 Å². The number of esters is 1. The van der Waals surface area contributed by atoms with Gasteiger partial charge in [0.25, 0.3) is 0 Å². The lowest BCUT2D eigenvalue weighted by Gasteiger charge is -2.50. The van der Waals surface area contributed by atoms with E-state index in [1.165, 1.54) is 0 Å². The molecule has 142 valence electrons. The first kappa shape index (κ1) is 21.5. The largest absolute Gasteiger partial charge is 0.496 e. The second kappa shape index (κ2) is 8.73. The lowest BCUT2D eigenvalue weighted by Crippen LogP contribution is -2.54. The Morgan fingerprint density at radius 2 is 1.72 bits per heavy atom. The zero-order valence-corrected chi connectivity index (χ0v) is 17.3. The summed E-state index contributed by atoms with van der Waals surface area (Å²) in [6.45, 7) is 15.3. The second-order valence-electron chi connectivity index (χ2n) is 7.83. The highest BCUT2D eigenvalue weighted by Crippen LogP contribution is 2.55. The summed E-state index contributed by atoms with van der Waals surface area (Å²) < 4.78 is 11.3. The number of carbonyl (C=O) groups excluding carboxylic acids is 1. The van der Waals surface area contributed by atoms with Gasteiger partial charge in [-0.2, -0.15) is 0 Å². The second-order valence-corrected chi connectivity index (χ2v) is 7.83. The van der Waals surface area contributed by atoms with Crippen molar-refractivity contribution in [2.24, 2.45) is 17.3 Å². The van der Waals surface area contributed by atoms with Gasteiger partial charge in [0.05, 0.1) is 19.1 Å². The molecule has 0 spiro atoms. The summed E-state index contributed by atoms with van der Waals surface area (Å²) in [4.78, 5) is 13.4. The maximum atomic E-state index is 13.4. The molecule has 0 amide bonds. The van der Waals surface area contributed by atoms with Crippen LogP contribution < -0.4 is 4.74 Å². The molecule has 2 unspecified atom stereocenters. The van der Waals surface area contributed by atoms with Crippen molar-refractivity contribution in [1.29, 1.82) is 0 Å². The maximum absolute atomic E-state index is 13.4. The number of rotatable bonds is 9. The van der Waals surface area contributed by atoms with Gasteiger partial charge in [0.15, 0.2) is 0 Å². The van der Waals surface area contributed by atoms with Crippen LogP contribution in [0.4, 0.5) is 0 Å². The number of carbonyl (C=O) groups is 1. The van der Waals surface area contributed by atoms with Crippen LogP contribution >= 0.6 is 0 Å². The molecule has 0 saturated carbocycles. The molecule has 1 aromatic rings. The third-order valence-electron chi connectivity index (χ3n) is 5.75. The van der Waals surface area contributed by atoms with Crippen LogP contribution in [0.3, 0.4) is 0 Å². The van der Waals surface area contributed by atoms with Gasteiger partial charge in [0, 0.05) is 11.0 Å². The number of ether oxygens (including phenoxy) is 2. The molecule has 0 bridgehead atoms. The van der Waals surface area contributed by atoms with Crippen LogP contribution in [-0.4, -0.2) is 19.7 Å². The Labute approximate surface area is 154 Å². The summed E-state index contributed by atoms with van der Waals surface area (Å²) in [6.07, 6.45) is 1.61. The van der Waals surface area contributed by atoms with E-state index in [0.29, 0.717) is 12.5 Å². The highest BCUT2D eigenvalue weighted by Gasteiger charge is 2.57. The van der Waals surface area contributed by atoms with Crippen LogP contribution in [0.1, 0.15) is 66.9 Å². The fourth-order valence-electron chi connectivity index (χ4n) is 4.39. The molecule has 0 aliphatic heterocycles. The van der Waals surface area contributed by atoms with Gasteiger partial charge in [0.1, 0.15) is 5.75 Å². The van der Waals surface area contributed by atoms with Crippen molar-refractivity contribution in [3.05, 3.63) is 29.8 Å². The molecule has 25 heavy (non-hydrogen) atoms. The van der Waals surface area contributed by atoms with Gasteiger partial charge in [-0.3, -0.25) is 4.79 Å². The van der Waals surface area contributed by atoms with Crippen LogP contribution in [0.25, 0.3) is 0 Å². The SMILES string of the molecule is CCOC(=O)C(CC(C)C)(C(C)C)C(C)(CC)c1ccccc1OC. The first-order valence-electron chi connectivity index (χ1n) is 9.51. The molecule has 0 aliphatic carbocycles. The number of benzene rings is 1. The number of hydrogen-bond acceptors (Lipinski definition) is 3. The van der Waals surface area contributed by atoms with E-state index in [2.05, 4.69) is 47.6 Å². The maximum Gasteiger partial charge on any atom is 0.313 e. The smallest absolute Gasteiger partial charge is 0.313 e. The summed E-state index contributed by atoms with van der Waals surface area (Å²) in [5.41, 5.74) is 0.0904. The van der Waals surface area contributed by atoms with E-state index in [1.54, 1.807) is 7.11 Å². The van der Waals surface area contributed by atoms with Gasteiger partial charge in [-0.05, 0) is 37.7 Å². The Bertz CT molecular complexity index is 564. The molecule has 3 heteroatoms. The Kier molecular flexibility index (Phi) is 7.52. The topological polar surface area (TPSA) is 35.5 Å². The minimum Gasteiger partial charge on any atom is -0.496 e. The van der Waals surface area contributed by atoms with Crippen molar-refractivity contribution in [3.8, 4) is 5.75 Å². The average Bonchev–Trinajstić information content (AvgIpc) is 2.58. The predicted molar refractivity (Wildman–Crippen MR) is 104 cm³/mol. The molecule has 0 saturated heterocycles. The fraction of sp³-hybridized carbons (Fsp3) is 0.682. The predicted octanol–water partition coefficient (Wildman–Crippen LogP) is 5.61. The Balaban J connectivity index is 3.74. The normalized spacial score (nSPS) is 16.4. The summed E-state index contributed by atoms with van der Waals surface area (Å²) in [6, 6.07) is 8.08. The zero-order chi connectivity index (χ0) is 19.3. The molecule has 3 nitrogen and oxygen atoms in total. The number of hydrogen-bond donors (Lipinski definition) is 0. The number of methoxy groups -OCH3 is 1. The van der Waals surface area contributed by atoms with Gasteiger partial charge in [0.2, 0.25) is 0 Å². The summed E-state index contributed by atoms with van der Waals surface area (Å²) in [7, 11) is 1.69. The van der Waals surface area contributed by atoms with Crippen molar-refractivity contribution >= 4 is 5.97 Å². The first-order valence-corrected chi connectivity index (χ1v) is 9.51. The van der Waals surface area contributed by atoms with Gasteiger partial charge >= 0.3 is 5.97 Å². The third-order valence-corrected chi connectivity index (χ3v) is 5.75. The van der Waals surface area contributed by atoms with E-state index >= 15 is 0 Å². The zero-order valence-electron chi connectivity index (χ0n) is 17.3. The van der Waals surface area contributed by atoms with E-state index < -0.39 is 5.41 Å². The molecule has 0 aromatic heterocycles. The molecule has 2 atom stereocenters. The van der Waals surface area contributed by atoms with Crippen molar-refractivity contribution in [1.82, 2.24) is 0 Å². The summed E-state index contributed by atoms with van der Waals surface area (Å²) in [5.74, 6) is 1.27. The van der Waals surface area contributed by atoms with Crippen molar-refractivity contribution < 1.29 is 14.3 Å². The Morgan fingerprint density at radius 1 is 1.12 bits per heavy atom. The fourth-order valence-corrected chi connectivity index (χ4v) is 4.39. The molecule has 1 rings (SSSR count). The molecule has 1 aromatic carbocycles. The lowest BCUT2D eigenvalue weighted by atomic mass is 9.52. The number of para-hydroxylation sites is 1. The van der Waals surface area contributed by atoms with Gasteiger partial charge < -0.3 is 9.47 Å². The lowest BCUT2D eigenvalue weighted by molar-refractivity contribution is -0.167. The standard InChI is InChI=1S/C22H36O3/c1-9-21(7,18-13-11-12-14-19(18)24-8)22(17(5)6,15-16(3)4)20(23)25-10-2/h11-14,16-17H,9-10,15H2,1-8H3. The Hall–Kier alpha value is -1.51. The molecule has 0 N–H and O–H groups in total. The van der Waals surface area contributed by atoms with E-state index in [9.17, 15) is 4.79 Å². The van der Waals surface area contributed by atoms with Crippen LogP contribution in [-0.2, 0) is 14.9 Å². The molecule has 0 aliphatic rings. The molecule has 0 radical (unpaired) electrons. The van der Waals surface area contributed by atoms with E-state index in [-0.39, 0.29) is 17.3 Å². The van der Waals surface area contributed by atoms with Crippen LogP contribution in [0.2, 0.25) is 0 Å². The van der Waals surface area contributed by atoms with Crippen molar-refractivity contribution in [2.45, 2.75) is 66.7 Å². The van der Waals surface area contributed by atoms with Gasteiger partial charge in [-0.1, -0.05) is 59.7 Å². The summed E-state index contributed by atoms with van der Waals surface area (Å²) >= 11 is 0. The van der Waals surface area contributed by atoms with E-state index in [0.717, 1.165) is 24.2 Å². The Morgan fingerprint density at radius 3 is 2.16 bits per heavy atom. The quantitative estimate of drug-likeness (QED) is 0.544. The first-order chi connectivity index (χ1) is 11.7. The van der Waals surface area contributed by atoms with Crippen LogP contribution in [0.5, 0.6) is 5.75 Å². The van der Waals surface area contributed by atoms with E-state index in [4.69, 9.17) is 9.47 Å². The van der Waals surface area contributed by atoms with Gasteiger partial charge in [-0.25, -0.2) is 0 Å². The van der Waals surface area contributed by atoms with Crippen LogP contribution in [0, 0.1) is 17.3 Å². The molecule has 0 fully saturated rings. The highest BCUT2D eigenvalue weighted by molar-refractivity contribution is 5.80. The molecular formula is C22H36O3. The molecule has 0 heterocycles. The van der Waals surface area contributed by atoms with Crippen molar-refractivity contribution in [3.63, 3.8) is 0 Å². The minimum atomic E-state index is -0.611. The highest BCUT2D eigenvalue weighted by atomic mass is 16.5. The molecular weight excluding hydrogens is 312 g/mol. The van der Waals surface area contributed by atoms with Crippen LogP contribution in [0.15, 0.2) is 24.3 Å². The third kappa shape index (κ3) is 3.86. The summed E-state index contributed by atoms with van der Waals surface area (Å²) in [5, 5.41) is 0. The monoisotopic (exact) mass is 348 g/mol. The minimum absolute atomic E-state index is 0.0889.